The number of rotatable bonds is 7. The zero-order valence-electron chi connectivity index (χ0n) is 17.4. The van der Waals surface area contributed by atoms with Crippen LogP contribution in [-0.4, -0.2) is 53.2 Å². The van der Waals surface area contributed by atoms with Crippen molar-refractivity contribution in [2.45, 2.75) is 25.8 Å². The Morgan fingerprint density at radius 2 is 2.06 bits per heavy atom. The second-order valence-electron chi connectivity index (χ2n) is 7.57. The van der Waals surface area contributed by atoms with Crippen LogP contribution in [0.4, 0.5) is 5.82 Å². The molecule has 1 amide bonds. The maximum Gasteiger partial charge on any atom is 0.312 e. The number of thiazole rings is 1. The number of ether oxygens (including phenoxy) is 1. The van der Waals surface area contributed by atoms with Gasteiger partial charge in [0.05, 0.1) is 35.4 Å². The lowest BCUT2D eigenvalue weighted by molar-refractivity contribution is -0.146. The number of sulfone groups is 1. The number of aryl methyl sites for hydroxylation is 1. The monoisotopic (exact) mass is 474 g/mol. The van der Waals surface area contributed by atoms with Crippen molar-refractivity contribution in [2.24, 2.45) is 0 Å². The molecular formula is C21H22N4O5S2. The summed E-state index contributed by atoms with van der Waals surface area (Å²) in [4.78, 5) is 28.9. The first kappa shape index (κ1) is 22.2. The van der Waals surface area contributed by atoms with E-state index in [1.54, 1.807) is 18.4 Å². The maximum absolute atomic E-state index is 12.3. The Balaban J connectivity index is 1.30. The Morgan fingerprint density at radius 3 is 2.78 bits per heavy atom. The van der Waals surface area contributed by atoms with Gasteiger partial charge in [-0.1, -0.05) is 30.3 Å². The van der Waals surface area contributed by atoms with E-state index < -0.39 is 28.3 Å². The Hall–Kier alpha value is -3.05. The van der Waals surface area contributed by atoms with Crippen LogP contribution in [0.1, 0.15) is 23.9 Å². The molecule has 1 atom stereocenters. The summed E-state index contributed by atoms with van der Waals surface area (Å²) in [6, 6.07) is 11.0. The summed E-state index contributed by atoms with van der Waals surface area (Å²) < 4.78 is 30.2. The van der Waals surface area contributed by atoms with Gasteiger partial charge in [-0.05, 0) is 13.3 Å². The van der Waals surface area contributed by atoms with Crippen molar-refractivity contribution in [3.63, 3.8) is 0 Å². The van der Waals surface area contributed by atoms with Gasteiger partial charge in [0.2, 0.25) is 0 Å². The van der Waals surface area contributed by atoms with Gasteiger partial charge in [0.1, 0.15) is 10.8 Å². The molecule has 3 heterocycles. The van der Waals surface area contributed by atoms with Gasteiger partial charge in [-0.2, -0.15) is 5.10 Å². The van der Waals surface area contributed by atoms with Crippen LogP contribution in [-0.2, 0) is 30.6 Å². The molecule has 1 unspecified atom stereocenters. The van der Waals surface area contributed by atoms with Crippen molar-refractivity contribution in [1.82, 2.24) is 14.8 Å². The average molecular weight is 475 g/mol. The third kappa shape index (κ3) is 5.40. The van der Waals surface area contributed by atoms with Crippen molar-refractivity contribution < 1.29 is 22.7 Å². The van der Waals surface area contributed by atoms with E-state index in [0.717, 1.165) is 10.6 Å². The van der Waals surface area contributed by atoms with E-state index in [9.17, 15) is 18.0 Å². The van der Waals surface area contributed by atoms with E-state index >= 15 is 0 Å². The van der Waals surface area contributed by atoms with Crippen LogP contribution < -0.4 is 5.32 Å². The molecule has 2 aromatic heterocycles. The molecule has 3 aromatic rings. The Morgan fingerprint density at radius 1 is 1.28 bits per heavy atom. The highest BCUT2D eigenvalue weighted by Crippen LogP contribution is 2.27. The van der Waals surface area contributed by atoms with Gasteiger partial charge in [0.15, 0.2) is 16.4 Å². The highest BCUT2D eigenvalue weighted by Gasteiger charge is 2.31. The summed E-state index contributed by atoms with van der Waals surface area (Å²) in [6.07, 6.45) is 0.410. The first-order valence-electron chi connectivity index (χ1n) is 10.0. The van der Waals surface area contributed by atoms with E-state index in [1.807, 2.05) is 30.3 Å². The Bertz CT molecular complexity index is 1230. The second kappa shape index (κ2) is 9.21. The first-order valence-corrected chi connectivity index (χ1v) is 12.7. The zero-order valence-corrected chi connectivity index (χ0v) is 19.0. The summed E-state index contributed by atoms with van der Waals surface area (Å²) in [5, 5.41) is 9.57. The topological polar surface area (TPSA) is 120 Å². The fraction of sp³-hybridized carbons (Fsp3) is 0.333. The molecule has 11 heteroatoms. The van der Waals surface area contributed by atoms with Gasteiger partial charge in [0.25, 0.3) is 5.91 Å². The number of benzene rings is 1. The zero-order chi connectivity index (χ0) is 22.7. The van der Waals surface area contributed by atoms with Gasteiger partial charge in [-0.25, -0.2) is 18.1 Å². The van der Waals surface area contributed by atoms with Crippen LogP contribution in [0.25, 0.3) is 10.6 Å². The lowest BCUT2D eigenvalue weighted by Crippen LogP contribution is -2.24. The number of amides is 1. The first-order chi connectivity index (χ1) is 15.3. The third-order valence-electron chi connectivity index (χ3n) is 4.94. The molecule has 1 N–H and O–H groups in total. The van der Waals surface area contributed by atoms with Crippen LogP contribution in [0.15, 0.2) is 41.8 Å². The summed E-state index contributed by atoms with van der Waals surface area (Å²) >= 11 is 1.44. The molecule has 1 saturated heterocycles. The predicted molar refractivity (Wildman–Crippen MR) is 120 cm³/mol. The summed E-state index contributed by atoms with van der Waals surface area (Å²) in [7, 11) is -3.09. The van der Waals surface area contributed by atoms with Crippen LogP contribution >= 0.6 is 11.3 Å². The largest absolute Gasteiger partial charge is 0.455 e. The van der Waals surface area contributed by atoms with Crippen LogP contribution in [0.5, 0.6) is 0 Å². The Labute approximate surface area is 189 Å². The standard InChI is InChI=1S/C21H22N4O5S2/c1-14-9-18(25(24-14)17-7-8-32(28,29)13-17)23-19(26)11-30-20(27)10-16-12-31-21(22-16)15-5-3-2-4-6-15/h2-6,9,12,17H,7-8,10-11,13H2,1H3,(H,23,26). The lowest BCUT2D eigenvalue weighted by Gasteiger charge is -2.13. The van der Waals surface area contributed by atoms with E-state index in [1.165, 1.54) is 16.0 Å². The van der Waals surface area contributed by atoms with Crippen LogP contribution in [0.3, 0.4) is 0 Å². The molecule has 1 aliphatic rings. The van der Waals surface area contributed by atoms with Gasteiger partial charge in [-0.15, -0.1) is 11.3 Å². The third-order valence-corrected chi connectivity index (χ3v) is 7.63. The van der Waals surface area contributed by atoms with Crippen molar-refractivity contribution in [2.75, 3.05) is 23.4 Å². The molecule has 0 radical (unpaired) electrons. The maximum atomic E-state index is 12.3. The van der Waals surface area contributed by atoms with Crippen LogP contribution in [0, 0.1) is 6.92 Å². The number of esters is 1. The smallest absolute Gasteiger partial charge is 0.312 e. The number of carbonyl (C=O) groups is 2. The fourth-order valence-corrected chi connectivity index (χ4v) is 6.00. The summed E-state index contributed by atoms with van der Waals surface area (Å²) in [5.74, 6) is -0.604. The Kier molecular flexibility index (Phi) is 6.38. The minimum Gasteiger partial charge on any atom is -0.455 e. The highest BCUT2D eigenvalue weighted by atomic mass is 32.2. The number of nitrogens with one attached hydrogen (secondary N) is 1. The fourth-order valence-electron chi connectivity index (χ4n) is 3.48. The summed E-state index contributed by atoms with van der Waals surface area (Å²) in [5.41, 5.74) is 2.20. The van der Waals surface area contributed by atoms with Crippen molar-refractivity contribution in [1.29, 1.82) is 0 Å². The second-order valence-corrected chi connectivity index (χ2v) is 10.7. The van der Waals surface area contributed by atoms with E-state index in [2.05, 4.69) is 15.4 Å². The quantitative estimate of drug-likeness (QED) is 0.522. The molecule has 1 aromatic carbocycles. The average Bonchev–Trinajstić information content (AvgIpc) is 3.46. The van der Waals surface area contributed by atoms with Gasteiger partial charge < -0.3 is 10.1 Å². The van der Waals surface area contributed by atoms with Gasteiger partial charge >= 0.3 is 5.97 Å². The molecule has 1 fully saturated rings. The number of nitrogens with zero attached hydrogens (tertiary/aromatic N) is 3. The SMILES string of the molecule is Cc1cc(NC(=O)COC(=O)Cc2csc(-c3ccccc3)n2)n(C2CCS(=O)(=O)C2)n1. The van der Waals surface area contributed by atoms with Crippen LogP contribution in [0.2, 0.25) is 0 Å². The number of carbonyl (C=O) groups excluding carboxylic acids is 2. The lowest BCUT2D eigenvalue weighted by atomic mass is 10.2. The van der Waals surface area contributed by atoms with E-state index in [4.69, 9.17) is 4.74 Å². The van der Waals surface area contributed by atoms with Crippen molar-refractivity contribution in [3.8, 4) is 10.6 Å². The molecule has 0 bridgehead atoms. The molecule has 9 nitrogen and oxygen atoms in total. The van der Waals surface area contributed by atoms with Gasteiger partial charge in [-0.3, -0.25) is 9.59 Å². The number of anilines is 1. The van der Waals surface area contributed by atoms with E-state index in [0.29, 0.717) is 23.6 Å². The molecule has 0 aliphatic carbocycles. The van der Waals surface area contributed by atoms with Crippen molar-refractivity contribution >= 4 is 38.9 Å². The van der Waals surface area contributed by atoms with Crippen molar-refractivity contribution in [3.05, 3.63) is 53.2 Å². The molecule has 32 heavy (non-hydrogen) atoms. The number of hydrogen-bond acceptors (Lipinski definition) is 8. The normalized spacial score (nSPS) is 17.2. The minimum absolute atomic E-state index is 0.00934. The predicted octanol–water partition coefficient (Wildman–Crippen LogP) is 2.40. The number of aromatic nitrogens is 3. The molecule has 0 saturated carbocycles. The molecule has 1 aliphatic heterocycles. The molecule has 168 valence electrons. The minimum atomic E-state index is -3.09. The van der Waals surface area contributed by atoms with Gasteiger partial charge in [0, 0.05) is 17.0 Å². The molecule has 4 rings (SSSR count). The number of hydrogen-bond donors (Lipinski definition) is 1. The summed E-state index contributed by atoms with van der Waals surface area (Å²) in [6.45, 7) is 1.30. The molecular weight excluding hydrogens is 452 g/mol. The molecule has 0 spiro atoms. The van der Waals surface area contributed by atoms with E-state index in [-0.39, 0.29) is 24.0 Å². The highest BCUT2D eigenvalue weighted by molar-refractivity contribution is 7.91.